The maximum atomic E-state index is 12.9. The predicted octanol–water partition coefficient (Wildman–Crippen LogP) is 3.68. The minimum Gasteiger partial charge on any atom is -0.486 e. The number of ketones is 1. The minimum atomic E-state index is -0.913. The summed E-state index contributed by atoms with van der Waals surface area (Å²) in [5, 5.41) is 0.822. The Balaban J connectivity index is 1.54. The summed E-state index contributed by atoms with van der Waals surface area (Å²) in [5.41, 5.74) is 2.50. The molecule has 0 saturated heterocycles. The number of fused-ring (bicyclic) bond motifs is 2. The molecule has 6 heteroatoms. The Morgan fingerprint density at radius 3 is 2.63 bits per heavy atom. The fourth-order valence-corrected chi connectivity index (χ4v) is 3.25. The van der Waals surface area contributed by atoms with E-state index in [1.54, 1.807) is 25.1 Å². The molecule has 2 aromatic carbocycles. The average molecular weight is 365 g/mol. The summed E-state index contributed by atoms with van der Waals surface area (Å²) in [5.74, 6) is 0.277. The van der Waals surface area contributed by atoms with Crippen molar-refractivity contribution in [3.8, 4) is 11.5 Å². The number of nitrogens with one attached hydrogen (secondary N) is 1. The van der Waals surface area contributed by atoms with Crippen molar-refractivity contribution in [2.45, 2.75) is 20.0 Å². The molecule has 138 valence electrons. The van der Waals surface area contributed by atoms with Crippen molar-refractivity contribution in [1.82, 2.24) is 4.98 Å². The van der Waals surface area contributed by atoms with E-state index in [9.17, 15) is 9.59 Å². The van der Waals surface area contributed by atoms with Crippen LogP contribution in [0, 0.1) is 6.92 Å². The molecule has 0 bridgehead atoms. The SMILES string of the molecule is Cc1[nH]c2ccccc2c1C(=O)C(C)OC(=O)c1ccc2c(c1)OCCO2. The molecular formula is C21H19NO5. The standard InChI is InChI=1S/C21H19NO5/c1-12-19(15-5-3-4-6-16(15)22-12)20(23)13(2)27-21(24)14-7-8-17-18(11-14)26-10-9-25-17/h3-8,11,13,22H,9-10H2,1-2H3. The van der Waals surface area contributed by atoms with Gasteiger partial charge < -0.3 is 19.2 Å². The quantitative estimate of drug-likeness (QED) is 0.564. The molecule has 0 fully saturated rings. The lowest BCUT2D eigenvalue weighted by atomic mass is 10.0. The van der Waals surface area contributed by atoms with Gasteiger partial charge in [-0.15, -0.1) is 0 Å². The molecule has 0 amide bonds. The van der Waals surface area contributed by atoms with Crippen LogP contribution in [0.1, 0.15) is 33.3 Å². The number of carbonyl (C=O) groups excluding carboxylic acids is 2. The highest BCUT2D eigenvalue weighted by Gasteiger charge is 2.25. The minimum absolute atomic E-state index is 0.240. The Kier molecular flexibility index (Phi) is 4.32. The zero-order valence-electron chi connectivity index (χ0n) is 15.1. The molecular weight excluding hydrogens is 346 g/mol. The molecule has 1 unspecified atom stereocenters. The van der Waals surface area contributed by atoms with Crippen LogP contribution in [0.2, 0.25) is 0 Å². The number of Topliss-reactive ketones (excluding diaryl/α,β-unsaturated/α-hetero) is 1. The van der Waals surface area contributed by atoms with Crippen molar-refractivity contribution in [2.75, 3.05) is 13.2 Å². The second-order valence-electron chi connectivity index (χ2n) is 6.44. The largest absolute Gasteiger partial charge is 0.486 e. The molecule has 0 aliphatic carbocycles. The maximum absolute atomic E-state index is 12.9. The predicted molar refractivity (Wildman–Crippen MR) is 99.7 cm³/mol. The number of carbonyl (C=O) groups is 2. The van der Waals surface area contributed by atoms with Crippen molar-refractivity contribution in [1.29, 1.82) is 0 Å². The molecule has 0 spiro atoms. The highest BCUT2D eigenvalue weighted by atomic mass is 16.6. The van der Waals surface area contributed by atoms with Crippen molar-refractivity contribution in [3.05, 3.63) is 59.3 Å². The lowest BCUT2D eigenvalue weighted by Crippen LogP contribution is -2.25. The number of benzene rings is 2. The van der Waals surface area contributed by atoms with Crippen LogP contribution in [0.3, 0.4) is 0 Å². The van der Waals surface area contributed by atoms with Crippen LogP contribution in [-0.4, -0.2) is 36.1 Å². The Bertz CT molecular complexity index is 1040. The van der Waals surface area contributed by atoms with Gasteiger partial charge in [0.15, 0.2) is 17.6 Å². The van der Waals surface area contributed by atoms with E-state index < -0.39 is 12.1 Å². The number of ether oxygens (including phenoxy) is 3. The van der Waals surface area contributed by atoms with Crippen LogP contribution < -0.4 is 9.47 Å². The Morgan fingerprint density at radius 2 is 1.81 bits per heavy atom. The molecule has 27 heavy (non-hydrogen) atoms. The van der Waals surface area contributed by atoms with Gasteiger partial charge in [0.05, 0.1) is 5.56 Å². The molecule has 3 aromatic rings. The van der Waals surface area contributed by atoms with Gasteiger partial charge in [-0.3, -0.25) is 4.79 Å². The van der Waals surface area contributed by atoms with E-state index in [2.05, 4.69) is 4.98 Å². The average Bonchev–Trinajstić information content (AvgIpc) is 3.02. The Labute approximate surface area is 156 Å². The number of aromatic nitrogens is 1. The number of rotatable bonds is 4. The summed E-state index contributed by atoms with van der Waals surface area (Å²) in [6, 6.07) is 12.4. The first-order chi connectivity index (χ1) is 13.0. The number of aryl methyl sites for hydroxylation is 1. The summed E-state index contributed by atoms with van der Waals surface area (Å²) in [6.07, 6.45) is -0.913. The molecule has 1 N–H and O–H groups in total. The Hall–Kier alpha value is -3.28. The second-order valence-corrected chi connectivity index (χ2v) is 6.44. The second kappa shape index (κ2) is 6.79. The van der Waals surface area contributed by atoms with E-state index in [0.717, 1.165) is 16.6 Å². The van der Waals surface area contributed by atoms with Crippen LogP contribution in [-0.2, 0) is 4.74 Å². The summed E-state index contributed by atoms with van der Waals surface area (Å²) in [4.78, 5) is 28.6. The van der Waals surface area contributed by atoms with E-state index in [4.69, 9.17) is 14.2 Å². The first kappa shape index (κ1) is 17.1. The number of aromatic amines is 1. The third kappa shape index (κ3) is 3.14. The van der Waals surface area contributed by atoms with Crippen LogP contribution in [0.5, 0.6) is 11.5 Å². The highest BCUT2D eigenvalue weighted by Crippen LogP contribution is 2.31. The fraction of sp³-hybridized carbons (Fsp3) is 0.238. The van der Waals surface area contributed by atoms with Crippen molar-refractivity contribution < 1.29 is 23.8 Å². The van der Waals surface area contributed by atoms with Gasteiger partial charge in [-0.2, -0.15) is 0 Å². The molecule has 1 aliphatic heterocycles. The van der Waals surface area contributed by atoms with Gasteiger partial charge >= 0.3 is 5.97 Å². The topological polar surface area (TPSA) is 77.6 Å². The van der Waals surface area contributed by atoms with Crippen molar-refractivity contribution in [3.63, 3.8) is 0 Å². The first-order valence-corrected chi connectivity index (χ1v) is 8.77. The number of esters is 1. The van der Waals surface area contributed by atoms with Crippen LogP contribution in [0.4, 0.5) is 0 Å². The molecule has 1 aliphatic rings. The zero-order chi connectivity index (χ0) is 19.0. The van der Waals surface area contributed by atoms with Crippen LogP contribution in [0.15, 0.2) is 42.5 Å². The fourth-order valence-electron chi connectivity index (χ4n) is 3.25. The van der Waals surface area contributed by atoms with E-state index in [-0.39, 0.29) is 5.78 Å². The zero-order valence-corrected chi connectivity index (χ0v) is 15.1. The van der Waals surface area contributed by atoms with Crippen molar-refractivity contribution >= 4 is 22.7 Å². The summed E-state index contributed by atoms with van der Waals surface area (Å²) < 4.78 is 16.3. The molecule has 1 atom stereocenters. The molecule has 0 radical (unpaired) electrons. The summed E-state index contributed by atoms with van der Waals surface area (Å²) >= 11 is 0. The maximum Gasteiger partial charge on any atom is 0.338 e. The monoisotopic (exact) mass is 365 g/mol. The lowest BCUT2D eigenvalue weighted by Gasteiger charge is -2.19. The third-order valence-electron chi connectivity index (χ3n) is 4.57. The first-order valence-electron chi connectivity index (χ1n) is 8.77. The van der Waals surface area contributed by atoms with Gasteiger partial charge in [0, 0.05) is 22.2 Å². The van der Waals surface area contributed by atoms with Gasteiger partial charge in [0.25, 0.3) is 0 Å². The molecule has 6 nitrogen and oxygen atoms in total. The number of hydrogen-bond acceptors (Lipinski definition) is 5. The van der Waals surface area contributed by atoms with Crippen LogP contribution in [0.25, 0.3) is 10.9 Å². The molecule has 2 heterocycles. The van der Waals surface area contributed by atoms with Crippen molar-refractivity contribution in [2.24, 2.45) is 0 Å². The molecule has 0 saturated carbocycles. The normalized spacial score (nSPS) is 14.0. The molecule has 1 aromatic heterocycles. The van der Waals surface area contributed by atoms with E-state index in [1.807, 2.05) is 31.2 Å². The molecule has 4 rings (SSSR count). The summed E-state index contributed by atoms with van der Waals surface area (Å²) in [6.45, 7) is 4.33. The number of H-pyrrole nitrogens is 1. The van der Waals surface area contributed by atoms with Gasteiger partial charge in [-0.1, -0.05) is 18.2 Å². The number of para-hydroxylation sites is 1. The van der Waals surface area contributed by atoms with E-state index >= 15 is 0 Å². The lowest BCUT2D eigenvalue weighted by molar-refractivity contribution is 0.0318. The van der Waals surface area contributed by atoms with Gasteiger partial charge in [-0.05, 0) is 38.1 Å². The van der Waals surface area contributed by atoms with Gasteiger partial charge in [-0.25, -0.2) is 4.79 Å². The third-order valence-corrected chi connectivity index (χ3v) is 4.57. The van der Waals surface area contributed by atoms with E-state index in [0.29, 0.717) is 35.8 Å². The smallest absolute Gasteiger partial charge is 0.338 e. The van der Waals surface area contributed by atoms with Gasteiger partial charge in [0.2, 0.25) is 5.78 Å². The highest BCUT2D eigenvalue weighted by molar-refractivity contribution is 6.11. The van der Waals surface area contributed by atoms with Crippen LogP contribution >= 0.6 is 0 Å². The van der Waals surface area contributed by atoms with Gasteiger partial charge in [0.1, 0.15) is 13.2 Å². The summed E-state index contributed by atoms with van der Waals surface area (Å²) in [7, 11) is 0. The van der Waals surface area contributed by atoms with E-state index in [1.165, 1.54) is 0 Å². The Morgan fingerprint density at radius 1 is 1.07 bits per heavy atom. The number of hydrogen-bond donors (Lipinski definition) is 1.